The molecule has 0 N–H and O–H groups in total. The summed E-state index contributed by atoms with van der Waals surface area (Å²) in [7, 11) is 0. The second-order valence-corrected chi connectivity index (χ2v) is 5.51. The molecule has 0 saturated heterocycles. The van der Waals surface area contributed by atoms with Crippen LogP contribution in [0.1, 0.15) is 58.8 Å². The van der Waals surface area contributed by atoms with Crippen molar-refractivity contribution in [3.05, 3.63) is 0 Å². The fourth-order valence-electron chi connectivity index (χ4n) is 3.19. The van der Waals surface area contributed by atoms with E-state index >= 15 is 0 Å². The standard InChI is InChI=1S/C12H20O/c1-11-6-4-3-5-7-12(2,9-8-11)10(11)13/h3-9H2,1-2H3. The molecule has 0 heterocycles. The molecule has 2 aliphatic rings. The summed E-state index contributed by atoms with van der Waals surface area (Å²) in [6.45, 7) is 4.37. The van der Waals surface area contributed by atoms with Crippen molar-refractivity contribution >= 4 is 5.78 Å². The summed E-state index contributed by atoms with van der Waals surface area (Å²) in [6.07, 6.45) is 8.42. The molecule has 0 spiro atoms. The Kier molecular flexibility index (Phi) is 2.01. The van der Waals surface area contributed by atoms with E-state index in [0.29, 0.717) is 5.78 Å². The summed E-state index contributed by atoms with van der Waals surface area (Å²) in [6, 6.07) is 0. The van der Waals surface area contributed by atoms with Crippen LogP contribution in [0.15, 0.2) is 0 Å². The Morgan fingerprint density at radius 3 is 1.77 bits per heavy atom. The maximum atomic E-state index is 12.2. The van der Waals surface area contributed by atoms with Crippen molar-refractivity contribution < 1.29 is 4.79 Å². The summed E-state index contributed by atoms with van der Waals surface area (Å²) in [5, 5.41) is 0. The molecule has 74 valence electrons. The molecule has 2 bridgehead atoms. The molecule has 0 radical (unpaired) electrons. The first-order valence-electron chi connectivity index (χ1n) is 5.62. The SMILES string of the molecule is CC12CCCCCC(C)(CC1)C2=O. The lowest BCUT2D eigenvalue weighted by Crippen LogP contribution is -2.33. The topological polar surface area (TPSA) is 17.1 Å². The quantitative estimate of drug-likeness (QED) is 0.559. The lowest BCUT2D eigenvalue weighted by atomic mass is 9.73. The Hall–Kier alpha value is -0.330. The van der Waals surface area contributed by atoms with Crippen LogP contribution in [0.5, 0.6) is 0 Å². The van der Waals surface area contributed by atoms with Gasteiger partial charge in [-0.15, -0.1) is 0 Å². The third kappa shape index (κ3) is 1.33. The van der Waals surface area contributed by atoms with Crippen LogP contribution in [0.3, 0.4) is 0 Å². The van der Waals surface area contributed by atoms with Crippen LogP contribution in [0.25, 0.3) is 0 Å². The second-order valence-electron chi connectivity index (χ2n) is 5.51. The molecule has 1 nitrogen and oxygen atoms in total. The van der Waals surface area contributed by atoms with Gasteiger partial charge in [0.1, 0.15) is 5.78 Å². The number of hydrogen-bond donors (Lipinski definition) is 0. The Morgan fingerprint density at radius 2 is 1.31 bits per heavy atom. The van der Waals surface area contributed by atoms with Gasteiger partial charge in [-0.3, -0.25) is 4.79 Å². The zero-order valence-corrected chi connectivity index (χ0v) is 8.86. The molecule has 2 unspecified atom stereocenters. The van der Waals surface area contributed by atoms with Crippen molar-refractivity contribution in [1.82, 2.24) is 0 Å². The number of carbonyl (C=O) groups is 1. The van der Waals surface area contributed by atoms with Crippen LogP contribution in [0.4, 0.5) is 0 Å². The lowest BCUT2D eigenvalue weighted by molar-refractivity contribution is -0.133. The van der Waals surface area contributed by atoms with Crippen LogP contribution in [0.2, 0.25) is 0 Å². The van der Waals surface area contributed by atoms with Gasteiger partial charge in [-0.2, -0.15) is 0 Å². The van der Waals surface area contributed by atoms with Crippen molar-refractivity contribution in [2.75, 3.05) is 0 Å². The van der Waals surface area contributed by atoms with E-state index in [1.807, 2.05) is 0 Å². The Balaban J connectivity index is 2.28. The van der Waals surface area contributed by atoms with Crippen molar-refractivity contribution in [2.45, 2.75) is 58.8 Å². The molecule has 0 aliphatic heterocycles. The van der Waals surface area contributed by atoms with Crippen LogP contribution < -0.4 is 0 Å². The molecule has 2 saturated carbocycles. The average Bonchev–Trinajstić information content (AvgIpc) is 2.35. The third-order valence-electron chi connectivity index (χ3n) is 4.28. The van der Waals surface area contributed by atoms with Crippen molar-refractivity contribution in [2.24, 2.45) is 10.8 Å². The van der Waals surface area contributed by atoms with E-state index in [1.54, 1.807) is 0 Å². The minimum atomic E-state index is 0.0508. The maximum absolute atomic E-state index is 12.2. The van der Waals surface area contributed by atoms with Gasteiger partial charge in [0.15, 0.2) is 0 Å². The minimum absolute atomic E-state index is 0.0508. The van der Waals surface area contributed by atoms with E-state index < -0.39 is 0 Å². The summed E-state index contributed by atoms with van der Waals surface area (Å²) in [5.41, 5.74) is 0.102. The molecular weight excluding hydrogens is 160 g/mol. The number of ketones is 1. The minimum Gasteiger partial charge on any atom is -0.298 e. The molecule has 0 aromatic rings. The van der Waals surface area contributed by atoms with E-state index in [-0.39, 0.29) is 10.8 Å². The van der Waals surface area contributed by atoms with Gasteiger partial charge >= 0.3 is 0 Å². The van der Waals surface area contributed by atoms with E-state index in [0.717, 1.165) is 25.7 Å². The number of rotatable bonds is 0. The van der Waals surface area contributed by atoms with Crippen molar-refractivity contribution in [3.63, 3.8) is 0 Å². The average molecular weight is 180 g/mol. The smallest absolute Gasteiger partial charge is 0.144 e. The van der Waals surface area contributed by atoms with Gasteiger partial charge in [0.05, 0.1) is 0 Å². The second kappa shape index (κ2) is 2.83. The third-order valence-corrected chi connectivity index (χ3v) is 4.28. The number of carbonyl (C=O) groups excluding carboxylic acids is 1. The van der Waals surface area contributed by atoms with Crippen LogP contribution in [0, 0.1) is 10.8 Å². The fourth-order valence-corrected chi connectivity index (χ4v) is 3.19. The van der Waals surface area contributed by atoms with Gasteiger partial charge < -0.3 is 0 Å². The molecule has 13 heavy (non-hydrogen) atoms. The molecule has 1 heteroatoms. The first-order chi connectivity index (χ1) is 6.07. The summed E-state index contributed by atoms with van der Waals surface area (Å²) in [4.78, 5) is 12.2. The molecular formula is C12H20O. The summed E-state index contributed by atoms with van der Waals surface area (Å²) in [5.74, 6) is 0.569. The molecule has 2 atom stereocenters. The van der Waals surface area contributed by atoms with Crippen LogP contribution in [-0.4, -0.2) is 5.78 Å². The van der Waals surface area contributed by atoms with Gasteiger partial charge in [0.25, 0.3) is 0 Å². The normalized spacial score (nSPS) is 45.8. The van der Waals surface area contributed by atoms with Crippen LogP contribution >= 0.6 is 0 Å². The van der Waals surface area contributed by atoms with E-state index in [1.165, 1.54) is 19.3 Å². The van der Waals surface area contributed by atoms with E-state index in [9.17, 15) is 4.79 Å². The van der Waals surface area contributed by atoms with Crippen LogP contribution in [-0.2, 0) is 4.79 Å². The number of hydrogen-bond acceptors (Lipinski definition) is 1. The molecule has 2 fully saturated rings. The Morgan fingerprint density at radius 1 is 0.846 bits per heavy atom. The van der Waals surface area contributed by atoms with E-state index in [4.69, 9.17) is 0 Å². The molecule has 0 amide bonds. The first-order valence-corrected chi connectivity index (χ1v) is 5.62. The maximum Gasteiger partial charge on any atom is 0.144 e. The van der Waals surface area contributed by atoms with Crippen molar-refractivity contribution in [3.8, 4) is 0 Å². The highest BCUT2D eigenvalue weighted by molar-refractivity contribution is 5.91. The van der Waals surface area contributed by atoms with E-state index in [2.05, 4.69) is 13.8 Å². The summed E-state index contributed by atoms with van der Waals surface area (Å²) < 4.78 is 0. The largest absolute Gasteiger partial charge is 0.298 e. The summed E-state index contributed by atoms with van der Waals surface area (Å²) >= 11 is 0. The van der Waals surface area contributed by atoms with Gasteiger partial charge in [-0.1, -0.05) is 33.1 Å². The Labute approximate surface area is 80.9 Å². The molecule has 0 aromatic heterocycles. The highest BCUT2D eigenvalue weighted by Crippen LogP contribution is 2.52. The number of Topliss-reactive ketones (excluding diaryl/α,β-unsaturated/α-hetero) is 1. The zero-order chi connectivity index (χ0) is 9.53. The molecule has 0 aromatic carbocycles. The van der Waals surface area contributed by atoms with Gasteiger partial charge in [-0.05, 0) is 25.7 Å². The predicted molar refractivity (Wildman–Crippen MR) is 53.5 cm³/mol. The monoisotopic (exact) mass is 180 g/mol. The first kappa shape index (κ1) is 9.23. The Bertz CT molecular complexity index is 203. The highest BCUT2D eigenvalue weighted by Gasteiger charge is 2.50. The van der Waals surface area contributed by atoms with Gasteiger partial charge in [0.2, 0.25) is 0 Å². The lowest BCUT2D eigenvalue weighted by Gasteiger charge is -2.30. The highest BCUT2D eigenvalue weighted by atomic mass is 16.1. The molecule has 2 rings (SSSR count). The zero-order valence-electron chi connectivity index (χ0n) is 8.86. The fraction of sp³-hybridized carbons (Fsp3) is 0.917. The van der Waals surface area contributed by atoms with Gasteiger partial charge in [0, 0.05) is 10.8 Å². The van der Waals surface area contributed by atoms with Crippen molar-refractivity contribution in [1.29, 1.82) is 0 Å². The molecule has 2 aliphatic carbocycles. The number of fused-ring (bicyclic) bond motifs is 2. The predicted octanol–water partition coefficient (Wildman–Crippen LogP) is 3.33. The van der Waals surface area contributed by atoms with Gasteiger partial charge in [-0.25, -0.2) is 0 Å².